The molecular formula is C22H23N3O2. The van der Waals surface area contributed by atoms with Gasteiger partial charge in [0.15, 0.2) is 0 Å². The number of anilines is 2. The number of hydrogen-bond acceptors (Lipinski definition) is 3. The summed E-state index contributed by atoms with van der Waals surface area (Å²) in [5, 5.41) is 3.89. The number of rotatable bonds is 5. The number of hydrogen-bond donors (Lipinski definition) is 2. The number of H-pyrrole nitrogens is 1. The van der Waals surface area contributed by atoms with Gasteiger partial charge in [-0.2, -0.15) is 0 Å². The van der Waals surface area contributed by atoms with Gasteiger partial charge in [0.1, 0.15) is 0 Å². The van der Waals surface area contributed by atoms with Crippen LogP contribution in [0.5, 0.6) is 0 Å². The maximum absolute atomic E-state index is 12.3. The Morgan fingerprint density at radius 2 is 1.78 bits per heavy atom. The van der Waals surface area contributed by atoms with E-state index in [4.69, 9.17) is 0 Å². The molecule has 0 bridgehead atoms. The van der Waals surface area contributed by atoms with Crippen molar-refractivity contribution in [2.45, 2.75) is 25.7 Å². The number of aromatic nitrogens is 1. The van der Waals surface area contributed by atoms with Crippen molar-refractivity contribution in [3.8, 4) is 0 Å². The molecule has 4 rings (SSSR count). The normalized spacial score (nSPS) is 13.9. The molecule has 2 aromatic carbocycles. The van der Waals surface area contributed by atoms with Gasteiger partial charge in [-0.15, -0.1) is 0 Å². The van der Waals surface area contributed by atoms with Crippen molar-refractivity contribution in [3.05, 3.63) is 70.5 Å². The summed E-state index contributed by atoms with van der Waals surface area (Å²) in [7, 11) is 0. The number of carbonyl (C=O) groups is 1. The number of nitrogens with one attached hydrogen (secondary N) is 2. The molecular weight excluding hydrogens is 338 g/mol. The number of pyridine rings is 1. The SMILES string of the molecule is O=C(CCc1cc2ccccc2[nH]c1=O)Nc1ccc(N2CCCC2)cc1. The molecule has 1 aliphatic heterocycles. The molecule has 138 valence electrons. The van der Waals surface area contributed by atoms with Crippen LogP contribution in [-0.4, -0.2) is 24.0 Å². The van der Waals surface area contributed by atoms with Crippen LogP contribution in [0.3, 0.4) is 0 Å². The predicted molar refractivity (Wildman–Crippen MR) is 109 cm³/mol. The Hall–Kier alpha value is -3.08. The summed E-state index contributed by atoms with van der Waals surface area (Å²) in [6.07, 6.45) is 3.17. The molecule has 0 unspecified atom stereocenters. The number of amides is 1. The van der Waals surface area contributed by atoms with Crippen molar-refractivity contribution in [1.29, 1.82) is 0 Å². The lowest BCUT2D eigenvalue weighted by Gasteiger charge is -2.17. The van der Waals surface area contributed by atoms with Crippen LogP contribution in [-0.2, 0) is 11.2 Å². The molecule has 0 atom stereocenters. The molecule has 1 aliphatic rings. The Morgan fingerprint density at radius 3 is 2.56 bits per heavy atom. The van der Waals surface area contributed by atoms with Crippen LogP contribution in [0.2, 0.25) is 0 Å². The molecule has 5 heteroatoms. The minimum atomic E-state index is -0.128. The van der Waals surface area contributed by atoms with E-state index in [1.54, 1.807) is 0 Å². The first kappa shape index (κ1) is 17.3. The van der Waals surface area contributed by atoms with Gasteiger partial charge in [0.2, 0.25) is 5.91 Å². The van der Waals surface area contributed by atoms with Gasteiger partial charge in [-0.05, 0) is 61.0 Å². The number of nitrogens with zero attached hydrogens (tertiary/aromatic N) is 1. The zero-order valence-corrected chi connectivity index (χ0v) is 15.2. The summed E-state index contributed by atoms with van der Waals surface area (Å²) >= 11 is 0. The molecule has 5 nitrogen and oxygen atoms in total. The van der Waals surface area contributed by atoms with E-state index in [-0.39, 0.29) is 17.9 Å². The van der Waals surface area contributed by atoms with Crippen LogP contribution in [0.25, 0.3) is 10.9 Å². The van der Waals surface area contributed by atoms with Crippen LogP contribution in [0, 0.1) is 0 Å². The largest absolute Gasteiger partial charge is 0.372 e. The third-order valence-electron chi connectivity index (χ3n) is 5.07. The van der Waals surface area contributed by atoms with Crippen LogP contribution >= 0.6 is 0 Å². The number of fused-ring (bicyclic) bond motifs is 1. The quantitative estimate of drug-likeness (QED) is 0.728. The van der Waals surface area contributed by atoms with Gasteiger partial charge in [-0.3, -0.25) is 9.59 Å². The molecule has 2 N–H and O–H groups in total. The highest BCUT2D eigenvalue weighted by Crippen LogP contribution is 2.22. The summed E-state index contributed by atoms with van der Waals surface area (Å²) < 4.78 is 0. The van der Waals surface area contributed by atoms with Crippen LogP contribution in [0.15, 0.2) is 59.4 Å². The van der Waals surface area contributed by atoms with Gasteiger partial charge >= 0.3 is 0 Å². The number of aromatic amines is 1. The van der Waals surface area contributed by atoms with Crippen LogP contribution < -0.4 is 15.8 Å². The molecule has 3 aromatic rings. The number of carbonyl (C=O) groups excluding carboxylic acids is 1. The Kier molecular flexibility index (Phi) is 4.92. The fraction of sp³-hybridized carbons (Fsp3) is 0.273. The van der Waals surface area contributed by atoms with Gasteiger partial charge < -0.3 is 15.2 Å². The smallest absolute Gasteiger partial charge is 0.251 e. The van der Waals surface area contributed by atoms with Crippen LogP contribution in [0.1, 0.15) is 24.8 Å². The highest BCUT2D eigenvalue weighted by molar-refractivity contribution is 5.91. The Morgan fingerprint density at radius 1 is 1.04 bits per heavy atom. The van der Waals surface area contributed by atoms with Gasteiger partial charge in [-0.1, -0.05) is 18.2 Å². The molecule has 27 heavy (non-hydrogen) atoms. The minimum absolute atomic E-state index is 0.0866. The van der Waals surface area contributed by atoms with E-state index >= 15 is 0 Å². The summed E-state index contributed by atoms with van der Waals surface area (Å²) in [5.74, 6) is -0.0866. The van der Waals surface area contributed by atoms with Crippen molar-refractivity contribution in [2.75, 3.05) is 23.3 Å². The van der Waals surface area contributed by atoms with Gasteiger partial charge in [0, 0.05) is 42.0 Å². The van der Waals surface area contributed by atoms with Gasteiger partial charge in [0.25, 0.3) is 5.56 Å². The molecule has 0 saturated carbocycles. The van der Waals surface area contributed by atoms with Crippen LogP contribution in [0.4, 0.5) is 11.4 Å². The standard InChI is InChI=1S/C22H23N3O2/c26-21(23-18-8-10-19(11-9-18)25-13-3-4-14-25)12-7-17-15-16-5-1-2-6-20(16)24-22(17)27/h1-2,5-6,8-11,15H,3-4,7,12-14H2,(H,23,26)(H,24,27). The highest BCUT2D eigenvalue weighted by Gasteiger charge is 2.12. The third-order valence-corrected chi connectivity index (χ3v) is 5.07. The monoisotopic (exact) mass is 361 g/mol. The highest BCUT2D eigenvalue weighted by atomic mass is 16.1. The van der Waals surface area contributed by atoms with E-state index < -0.39 is 0 Å². The first-order valence-electron chi connectivity index (χ1n) is 9.45. The Balaban J connectivity index is 1.37. The lowest BCUT2D eigenvalue weighted by atomic mass is 10.1. The maximum atomic E-state index is 12.3. The second-order valence-corrected chi connectivity index (χ2v) is 7.00. The van der Waals surface area contributed by atoms with E-state index in [0.717, 1.165) is 29.7 Å². The maximum Gasteiger partial charge on any atom is 0.251 e. The Labute approximate surface area is 158 Å². The average Bonchev–Trinajstić information content (AvgIpc) is 3.22. The van der Waals surface area contributed by atoms with Crippen molar-refractivity contribution >= 4 is 28.2 Å². The van der Waals surface area contributed by atoms with Gasteiger partial charge in [-0.25, -0.2) is 0 Å². The third kappa shape index (κ3) is 4.03. The first-order valence-corrected chi connectivity index (χ1v) is 9.45. The topological polar surface area (TPSA) is 65.2 Å². The van der Waals surface area contributed by atoms with Crippen molar-refractivity contribution in [3.63, 3.8) is 0 Å². The number of benzene rings is 2. The summed E-state index contributed by atoms with van der Waals surface area (Å²) in [5.41, 5.74) is 3.31. The lowest BCUT2D eigenvalue weighted by molar-refractivity contribution is -0.116. The van der Waals surface area contributed by atoms with E-state index in [1.165, 1.54) is 18.5 Å². The van der Waals surface area contributed by atoms with E-state index in [2.05, 4.69) is 27.3 Å². The molecule has 0 aliphatic carbocycles. The number of aryl methyl sites for hydroxylation is 1. The van der Waals surface area contributed by atoms with Crippen molar-refractivity contribution in [1.82, 2.24) is 4.98 Å². The molecule has 1 saturated heterocycles. The van der Waals surface area contributed by atoms with Gasteiger partial charge in [0.05, 0.1) is 0 Å². The molecule has 0 spiro atoms. The van der Waals surface area contributed by atoms with Crippen molar-refractivity contribution in [2.24, 2.45) is 0 Å². The molecule has 1 fully saturated rings. The van der Waals surface area contributed by atoms with E-state index in [0.29, 0.717) is 12.0 Å². The predicted octanol–water partition coefficient (Wildman–Crippen LogP) is 3.70. The molecule has 0 radical (unpaired) electrons. The Bertz CT molecular complexity index is 1000. The fourth-order valence-electron chi connectivity index (χ4n) is 3.58. The fourth-order valence-corrected chi connectivity index (χ4v) is 3.58. The second-order valence-electron chi connectivity index (χ2n) is 7.00. The van der Waals surface area contributed by atoms with E-state index in [9.17, 15) is 9.59 Å². The summed E-state index contributed by atoms with van der Waals surface area (Å²) in [6, 6.07) is 17.5. The van der Waals surface area contributed by atoms with Crippen molar-refractivity contribution < 1.29 is 4.79 Å². The zero-order chi connectivity index (χ0) is 18.6. The summed E-state index contributed by atoms with van der Waals surface area (Å²) in [6.45, 7) is 2.21. The molecule has 1 aromatic heterocycles. The molecule has 1 amide bonds. The minimum Gasteiger partial charge on any atom is -0.372 e. The summed E-state index contributed by atoms with van der Waals surface area (Å²) in [4.78, 5) is 29.7. The average molecular weight is 361 g/mol. The second kappa shape index (κ2) is 7.66. The number of para-hydroxylation sites is 1. The lowest BCUT2D eigenvalue weighted by Crippen LogP contribution is -2.18. The molecule has 2 heterocycles. The zero-order valence-electron chi connectivity index (χ0n) is 15.2. The first-order chi connectivity index (χ1) is 13.2. The van der Waals surface area contributed by atoms with E-state index in [1.807, 2.05) is 42.5 Å².